The fourth-order valence-electron chi connectivity index (χ4n) is 1.85. The molecule has 0 spiro atoms. The van der Waals surface area contributed by atoms with Gasteiger partial charge in [0.1, 0.15) is 0 Å². The van der Waals surface area contributed by atoms with Crippen LogP contribution in [0.15, 0.2) is 12.4 Å². The van der Waals surface area contributed by atoms with Gasteiger partial charge in [0.2, 0.25) is 0 Å². The van der Waals surface area contributed by atoms with Crippen molar-refractivity contribution in [3.63, 3.8) is 0 Å². The minimum Gasteiger partial charge on any atom is -0.324 e. The molecule has 0 aliphatic heterocycles. The van der Waals surface area contributed by atoms with Gasteiger partial charge in [-0.15, -0.1) is 0 Å². The van der Waals surface area contributed by atoms with E-state index in [0.717, 1.165) is 18.9 Å². The number of rotatable bonds is 4. The molecular formula is C11H19N3. The Hall–Kier alpha value is -0.830. The summed E-state index contributed by atoms with van der Waals surface area (Å²) in [6.07, 6.45) is 9.13. The van der Waals surface area contributed by atoms with Gasteiger partial charge >= 0.3 is 0 Å². The zero-order chi connectivity index (χ0) is 9.97. The molecule has 0 bridgehead atoms. The molecule has 1 atom stereocenters. The molecule has 1 fully saturated rings. The smallest absolute Gasteiger partial charge is 0.0537 e. The van der Waals surface area contributed by atoms with Crippen LogP contribution >= 0.6 is 0 Å². The van der Waals surface area contributed by atoms with E-state index in [0.29, 0.717) is 0 Å². The summed E-state index contributed by atoms with van der Waals surface area (Å²) in [5.41, 5.74) is 7.10. The van der Waals surface area contributed by atoms with E-state index in [9.17, 15) is 0 Å². The number of aromatic nitrogens is 2. The molecule has 0 saturated heterocycles. The van der Waals surface area contributed by atoms with Crippen molar-refractivity contribution in [2.75, 3.05) is 0 Å². The third kappa shape index (κ3) is 1.98. The average molecular weight is 193 g/mol. The van der Waals surface area contributed by atoms with Crippen molar-refractivity contribution in [2.45, 2.75) is 45.2 Å². The van der Waals surface area contributed by atoms with E-state index in [1.165, 1.54) is 24.8 Å². The van der Waals surface area contributed by atoms with Gasteiger partial charge < -0.3 is 5.73 Å². The van der Waals surface area contributed by atoms with Crippen LogP contribution in [0.2, 0.25) is 0 Å². The summed E-state index contributed by atoms with van der Waals surface area (Å²) in [4.78, 5) is 0. The monoisotopic (exact) mass is 193 g/mol. The number of hydrogen-bond acceptors (Lipinski definition) is 2. The van der Waals surface area contributed by atoms with Crippen molar-refractivity contribution in [1.82, 2.24) is 9.78 Å². The molecule has 1 aromatic rings. The van der Waals surface area contributed by atoms with E-state index in [1.807, 2.05) is 6.20 Å². The Bertz CT molecular complexity index is 288. The quantitative estimate of drug-likeness (QED) is 0.795. The van der Waals surface area contributed by atoms with Gasteiger partial charge in [-0.1, -0.05) is 13.3 Å². The molecule has 78 valence electrons. The maximum Gasteiger partial charge on any atom is 0.0537 e. The van der Waals surface area contributed by atoms with Gasteiger partial charge in [-0.05, 0) is 25.2 Å². The van der Waals surface area contributed by atoms with E-state index in [1.54, 1.807) is 0 Å². The summed E-state index contributed by atoms with van der Waals surface area (Å²) >= 11 is 0. The Morgan fingerprint density at radius 1 is 1.64 bits per heavy atom. The number of nitrogens with zero attached hydrogens (tertiary/aromatic N) is 2. The van der Waals surface area contributed by atoms with Crippen LogP contribution in [0.5, 0.6) is 0 Å². The predicted octanol–water partition coefficient (Wildman–Crippen LogP) is 2.09. The molecular weight excluding hydrogens is 174 g/mol. The molecule has 1 aliphatic carbocycles. The van der Waals surface area contributed by atoms with Crippen molar-refractivity contribution in [1.29, 1.82) is 0 Å². The lowest BCUT2D eigenvalue weighted by Crippen LogP contribution is -2.18. The highest BCUT2D eigenvalue weighted by Crippen LogP contribution is 2.27. The van der Waals surface area contributed by atoms with Crippen LogP contribution in [-0.4, -0.2) is 9.78 Å². The van der Waals surface area contributed by atoms with Gasteiger partial charge in [-0.25, -0.2) is 0 Å². The van der Waals surface area contributed by atoms with E-state index < -0.39 is 0 Å². The molecule has 1 saturated carbocycles. The highest BCUT2D eigenvalue weighted by Gasteiger charge is 2.18. The highest BCUT2D eigenvalue weighted by atomic mass is 15.3. The zero-order valence-electron chi connectivity index (χ0n) is 8.82. The van der Waals surface area contributed by atoms with Crippen molar-refractivity contribution in [2.24, 2.45) is 11.7 Å². The second-order valence-corrected chi connectivity index (χ2v) is 4.31. The minimum absolute atomic E-state index is 0.158. The van der Waals surface area contributed by atoms with E-state index in [2.05, 4.69) is 22.9 Å². The average Bonchev–Trinajstić information content (AvgIpc) is 2.58. The Balaban J connectivity index is 1.94. The van der Waals surface area contributed by atoms with Gasteiger partial charge in [-0.2, -0.15) is 5.10 Å². The molecule has 0 radical (unpaired) electrons. The van der Waals surface area contributed by atoms with Gasteiger partial charge in [0.05, 0.1) is 6.20 Å². The molecule has 1 heterocycles. The Kier molecular flexibility index (Phi) is 2.87. The van der Waals surface area contributed by atoms with Gasteiger partial charge in [-0.3, -0.25) is 4.68 Å². The maximum absolute atomic E-state index is 5.93. The SMILES string of the molecule is CCC(N)c1cnn(CC2CCC2)c1. The van der Waals surface area contributed by atoms with E-state index >= 15 is 0 Å². The summed E-state index contributed by atoms with van der Waals surface area (Å²) in [5, 5.41) is 4.34. The van der Waals surface area contributed by atoms with Crippen molar-refractivity contribution >= 4 is 0 Å². The van der Waals surface area contributed by atoms with Gasteiger partial charge in [0.25, 0.3) is 0 Å². The lowest BCUT2D eigenvalue weighted by Gasteiger charge is -2.24. The third-order valence-electron chi connectivity index (χ3n) is 3.19. The molecule has 14 heavy (non-hydrogen) atoms. The molecule has 1 aromatic heterocycles. The first kappa shape index (κ1) is 9.71. The standard InChI is InChI=1S/C11H19N3/c1-2-11(12)10-6-13-14(8-10)7-9-4-3-5-9/h6,8-9,11H,2-5,7,12H2,1H3. The first-order valence-electron chi connectivity index (χ1n) is 5.57. The Morgan fingerprint density at radius 3 is 3.00 bits per heavy atom. The molecule has 3 nitrogen and oxygen atoms in total. The lowest BCUT2D eigenvalue weighted by atomic mass is 9.85. The normalized spacial score (nSPS) is 19.3. The summed E-state index contributed by atoms with van der Waals surface area (Å²) in [6.45, 7) is 3.18. The van der Waals surface area contributed by atoms with Crippen LogP contribution in [0, 0.1) is 5.92 Å². The zero-order valence-corrected chi connectivity index (χ0v) is 8.82. The van der Waals surface area contributed by atoms with Crippen molar-refractivity contribution < 1.29 is 0 Å². The molecule has 2 N–H and O–H groups in total. The fraction of sp³-hybridized carbons (Fsp3) is 0.727. The molecule has 1 aliphatic rings. The van der Waals surface area contributed by atoms with Crippen LogP contribution in [0.25, 0.3) is 0 Å². The third-order valence-corrected chi connectivity index (χ3v) is 3.19. The fourth-order valence-corrected chi connectivity index (χ4v) is 1.85. The van der Waals surface area contributed by atoms with Gasteiger partial charge in [0.15, 0.2) is 0 Å². The summed E-state index contributed by atoms with van der Waals surface area (Å²) in [7, 11) is 0. The number of hydrogen-bond donors (Lipinski definition) is 1. The summed E-state index contributed by atoms with van der Waals surface area (Å²) in [6, 6.07) is 0.158. The molecule has 0 amide bonds. The Labute approximate surface area is 85.3 Å². The van der Waals surface area contributed by atoms with Crippen LogP contribution < -0.4 is 5.73 Å². The predicted molar refractivity (Wildman–Crippen MR) is 56.8 cm³/mol. The molecule has 0 aromatic carbocycles. The van der Waals surface area contributed by atoms with Crippen LogP contribution in [0.4, 0.5) is 0 Å². The van der Waals surface area contributed by atoms with Crippen molar-refractivity contribution in [3.8, 4) is 0 Å². The number of nitrogens with two attached hydrogens (primary N) is 1. The van der Waals surface area contributed by atoms with E-state index in [4.69, 9.17) is 5.73 Å². The second kappa shape index (κ2) is 4.13. The van der Waals surface area contributed by atoms with Crippen LogP contribution in [-0.2, 0) is 6.54 Å². The second-order valence-electron chi connectivity index (χ2n) is 4.31. The lowest BCUT2D eigenvalue weighted by molar-refractivity contribution is 0.266. The largest absolute Gasteiger partial charge is 0.324 e. The molecule has 3 heteroatoms. The summed E-state index contributed by atoms with van der Waals surface area (Å²) < 4.78 is 2.05. The van der Waals surface area contributed by atoms with Crippen LogP contribution in [0.3, 0.4) is 0 Å². The summed E-state index contributed by atoms with van der Waals surface area (Å²) in [5.74, 6) is 0.862. The molecule has 1 unspecified atom stereocenters. The highest BCUT2D eigenvalue weighted by molar-refractivity contribution is 5.09. The topological polar surface area (TPSA) is 43.8 Å². The van der Waals surface area contributed by atoms with E-state index in [-0.39, 0.29) is 6.04 Å². The first-order chi connectivity index (χ1) is 6.79. The van der Waals surface area contributed by atoms with Crippen LogP contribution in [0.1, 0.15) is 44.2 Å². The Morgan fingerprint density at radius 2 is 2.43 bits per heavy atom. The van der Waals surface area contributed by atoms with Gasteiger partial charge in [0, 0.05) is 24.3 Å². The molecule has 2 rings (SSSR count). The maximum atomic E-state index is 5.93. The van der Waals surface area contributed by atoms with Crippen molar-refractivity contribution in [3.05, 3.63) is 18.0 Å². The minimum atomic E-state index is 0.158. The first-order valence-corrected chi connectivity index (χ1v) is 5.57.